The number of Topliss-reactive ketones (excluding diaryl/α,β-unsaturated/α-hetero) is 1. The second-order valence-corrected chi connectivity index (χ2v) is 7.05. The van der Waals surface area contributed by atoms with Crippen LogP contribution in [0.5, 0.6) is 0 Å². The smallest absolute Gasteiger partial charge is 0.220 e. The SMILES string of the molecule is Cc1cc(C(=O)CCC(=O)NCC(O)c2ccccc2F)c(C)s1. The van der Waals surface area contributed by atoms with Crippen LogP contribution in [-0.2, 0) is 4.79 Å². The molecule has 0 radical (unpaired) electrons. The van der Waals surface area contributed by atoms with E-state index in [1.165, 1.54) is 18.2 Å². The molecule has 1 aromatic carbocycles. The van der Waals surface area contributed by atoms with Crippen molar-refractivity contribution >= 4 is 23.0 Å². The van der Waals surface area contributed by atoms with Gasteiger partial charge in [-0.15, -0.1) is 11.3 Å². The normalized spacial score (nSPS) is 12.0. The Morgan fingerprint density at radius 2 is 1.96 bits per heavy atom. The largest absolute Gasteiger partial charge is 0.386 e. The molecule has 6 heteroatoms. The van der Waals surface area contributed by atoms with Gasteiger partial charge >= 0.3 is 0 Å². The van der Waals surface area contributed by atoms with Crippen LogP contribution in [0.1, 0.15) is 44.6 Å². The van der Waals surface area contributed by atoms with Gasteiger partial charge in [-0.25, -0.2) is 4.39 Å². The van der Waals surface area contributed by atoms with Gasteiger partial charge in [0.15, 0.2) is 5.78 Å². The lowest BCUT2D eigenvalue weighted by Gasteiger charge is -2.13. The number of halogens is 1. The maximum atomic E-state index is 13.5. The number of thiophene rings is 1. The van der Waals surface area contributed by atoms with E-state index in [1.807, 2.05) is 19.9 Å². The molecule has 1 unspecified atom stereocenters. The number of hydrogen-bond acceptors (Lipinski definition) is 4. The Morgan fingerprint density at radius 1 is 1.25 bits per heavy atom. The standard InChI is InChI=1S/C18H20FNO3S/c1-11-9-14(12(2)24-11)16(21)7-8-18(23)20-10-17(22)13-5-3-4-6-15(13)19/h3-6,9,17,22H,7-8,10H2,1-2H3,(H,20,23). The zero-order chi connectivity index (χ0) is 17.7. The van der Waals surface area contributed by atoms with E-state index in [2.05, 4.69) is 5.32 Å². The lowest BCUT2D eigenvalue weighted by Crippen LogP contribution is -2.29. The highest BCUT2D eigenvalue weighted by molar-refractivity contribution is 7.12. The average Bonchev–Trinajstić information content (AvgIpc) is 2.89. The first-order valence-corrected chi connectivity index (χ1v) is 8.49. The molecule has 128 valence electrons. The summed E-state index contributed by atoms with van der Waals surface area (Å²) in [5.41, 5.74) is 0.801. The molecule has 0 bridgehead atoms. The molecule has 0 aliphatic carbocycles. The topological polar surface area (TPSA) is 66.4 Å². The third kappa shape index (κ3) is 4.72. The molecule has 1 atom stereocenters. The van der Waals surface area contributed by atoms with Crippen molar-refractivity contribution in [3.05, 3.63) is 57.0 Å². The van der Waals surface area contributed by atoms with Gasteiger partial charge in [-0.1, -0.05) is 18.2 Å². The maximum absolute atomic E-state index is 13.5. The van der Waals surface area contributed by atoms with Crippen LogP contribution in [0.3, 0.4) is 0 Å². The summed E-state index contributed by atoms with van der Waals surface area (Å²) < 4.78 is 13.5. The van der Waals surface area contributed by atoms with Crippen LogP contribution in [0.15, 0.2) is 30.3 Å². The summed E-state index contributed by atoms with van der Waals surface area (Å²) in [6.45, 7) is 3.73. The van der Waals surface area contributed by atoms with Crippen molar-refractivity contribution in [3.8, 4) is 0 Å². The molecule has 1 aromatic heterocycles. The maximum Gasteiger partial charge on any atom is 0.220 e. The quantitative estimate of drug-likeness (QED) is 0.754. The minimum Gasteiger partial charge on any atom is -0.386 e. The van der Waals surface area contributed by atoms with Gasteiger partial charge < -0.3 is 10.4 Å². The lowest BCUT2D eigenvalue weighted by atomic mass is 10.1. The fraction of sp³-hybridized carbons (Fsp3) is 0.333. The second-order valence-electron chi connectivity index (χ2n) is 5.59. The van der Waals surface area contributed by atoms with Gasteiger partial charge in [0.25, 0.3) is 0 Å². The predicted octanol–water partition coefficient (Wildman–Crippen LogP) is 3.32. The molecule has 1 heterocycles. The average molecular weight is 349 g/mol. The van der Waals surface area contributed by atoms with Gasteiger partial charge in [-0.3, -0.25) is 9.59 Å². The molecular formula is C18H20FNO3S. The lowest BCUT2D eigenvalue weighted by molar-refractivity contribution is -0.121. The number of aryl methyl sites for hydroxylation is 2. The Balaban J connectivity index is 1.80. The summed E-state index contributed by atoms with van der Waals surface area (Å²) in [6.07, 6.45) is -0.969. The number of hydrogen-bond donors (Lipinski definition) is 2. The Kier molecular flexibility index (Phi) is 6.23. The summed E-state index contributed by atoms with van der Waals surface area (Å²) in [6, 6.07) is 7.71. The number of aliphatic hydroxyl groups is 1. The Bertz CT molecular complexity index is 742. The second kappa shape index (κ2) is 8.17. The molecule has 0 fully saturated rings. The molecule has 2 N–H and O–H groups in total. The van der Waals surface area contributed by atoms with E-state index in [0.29, 0.717) is 5.56 Å². The van der Waals surface area contributed by atoms with Crippen molar-refractivity contribution in [1.82, 2.24) is 5.32 Å². The molecule has 4 nitrogen and oxygen atoms in total. The van der Waals surface area contributed by atoms with Crippen molar-refractivity contribution in [2.45, 2.75) is 32.8 Å². The number of nitrogens with one attached hydrogen (secondary N) is 1. The molecule has 0 saturated carbocycles. The van der Waals surface area contributed by atoms with Crippen LogP contribution in [0.2, 0.25) is 0 Å². The number of benzene rings is 1. The molecule has 2 aromatic rings. The van der Waals surface area contributed by atoms with Gasteiger partial charge in [0, 0.05) is 40.3 Å². The number of amides is 1. The Hall–Kier alpha value is -2.05. The Labute approximate surface area is 144 Å². The van der Waals surface area contributed by atoms with Crippen LogP contribution in [0.4, 0.5) is 4.39 Å². The zero-order valence-electron chi connectivity index (χ0n) is 13.6. The van der Waals surface area contributed by atoms with Gasteiger partial charge in [0.1, 0.15) is 5.82 Å². The highest BCUT2D eigenvalue weighted by Crippen LogP contribution is 2.22. The summed E-state index contributed by atoms with van der Waals surface area (Å²) >= 11 is 1.55. The fourth-order valence-corrected chi connectivity index (χ4v) is 3.37. The third-order valence-corrected chi connectivity index (χ3v) is 4.64. The van der Waals surface area contributed by atoms with E-state index in [0.717, 1.165) is 9.75 Å². The highest BCUT2D eigenvalue weighted by Gasteiger charge is 2.16. The van der Waals surface area contributed by atoms with Crippen LogP contribution in [-0.4, -0.2) is 23.3 Å². The van der Waals surface area contributed by atoms with Crippen LogP contribution in [0.25, 0.3) is 0 Å². The minimum atomic E-state index is -1.12. The van der Waals surface area contributed by atoms with E-state index < -0.39 is 11.9 Å². The van der Waals surface area contributed by atoms with Crippen molar-refractivity contribution in [3.63, 3.8) is 0 Å². The van der Waals surface area contributed by atoms with Crippen LogP contribution in [0, 0.1) is 19.7 Å². The van der Waals surface area contributed by atoms with Gasteiger partial charge in [-0.2, -0.15) is 0 Å². The molecule has 0 aliphatic heterocycles. The molecule has 2 rings (SSSR count). The summed E-state index contributed by atoms with van der Waals surface area (Å²) in [5, 5.41) is 12.5. The summed E-state index contributed by atoms with van der Waals surface area (Å²) in [7, 11) is 0. The first kappa shape index (κ1) is 18.3. The predicted molar refractivity (Wildman–Crippen MR) is 91.7 cm³/mol. The van der Waals surface area contributed by atoms with E-state index in [-0.39, 0.29) is 36.6 Å². The minimum absolute atomic E-state index is 0.0388. The summed E-state index contributed by atoms with van der Waals surface area (Å²) in [5.74, 6) is -0.928. The molecular weight excluding hydrogens is 329 g/mol. The number of ketones is 1. The van der Waals surface area contributed by atoms with Crippen molar-refractivity contribution in [2.75, 3.05) is 6.54 Å². The van der Waals surface area contributed by atoms with Crippen molar-refractivity contribution in [1.29, 1.82) is 0 Å². The van der Waals surface area contributed by atoms with Gasteiger partial charge in [0.2, 0.25) is 5.91 Å². The van der Waals surface area contributed by atoms with Gasteiger partial charge in [-0.05, 0) is 26.0 Å². The molecule has 0 spiro atoms. The zero-order valence-corrected chi connectivity index (χ0v) is 14.5. The number of rotatable bonds is 7. The molecule has 1 amide bonds. The van der Waals surface area contributed by atoms with E-state index in [4.69, 9.17) is 0 Å². The van der Waals surface area contributed by atoms with Crippen molar-refractivity contribution < 1.29 is 19.1 Å². The van der Waals surface area contributed by atoms with Crippen LogP contribution >= 0.6 is 11.3 Å². The third-order valence-electron chi connectivity index (χ3n) is 3.68. The van der Waals surface area contributed by atoms with Crippen molar-refractivity contribution in [2.24, 2.45) is 0 Å². The first-order valence-electron chi connectivity index (χ1n) is 7.68. The fourth-order valence-electron chi connectivity index (χ4n) is 2.42. The number of carbonyl (C=O) groups excluding carboxylic acids is 2. The number of aliphatic hydroxyl groups excluding tert-OH is 1. The Morgan fingerprint density at radius 3 is 2.58 bits per heavy atom. The van der Waals surface area contributed by atoms with E-state index >= 15 is 0 Å². The summed E-state index contributed by atoms with van der Waals surface area (Å²) in [4.78, 5) is 26.0. The van der Waals surface area contributed by atoms with E-state index in [9.17, 15) is 19.1 Å². The monoisotopic (exact) mass is 349 g/mol. The van der Waals surface area contributed by atoms with Gasteiger partial charge in [0.05, 0.1) is 6.10 Å². The number of carbonyl (C=O) groups is 2. The molecule has 0 saturated heterocycles. The molecule has 0 aliphatic rings. The van der Waals surface area contributed by atoms with E-state index in [1.54, 1.807) is 17.4 Å². The first-order chi connectivity index (χ1) is 11.4. The highest BCUT2D eigenvalue weighted by atomic mass is 32.1. The molecule has 24 heavy (non-hydrogen) atoms. The van der Waals surface area contributed by atoms with Crippen LogP contribution < -0.4 is 5.32 Å².